The van der Waals surface area contributed by atoms with E-state index in [1.54, 1.807) is 47.5 Å². The van der Waals surface area contributed by atoms with Crippen LogP contribution in [0.15, 0.2) is 73.2 Å². The highest BCUT2D eigenvalue weighted by atomic mass is 19.1. The molecule has 0 radical (unpaired) electrons. The van der Waals surface area contributed by atoms with Gasteiger partial charge in [0.2, 0.25) is 0 Å². The van der Waals surface area contributed by atoms with E-state index in [0.717, 1.165) is 27.7 Å². The molecule has 0 aliphatic rings. The highest BCUT2D eigenvalue weighted by Crippen LogP contribution is 2.26. The maximum Gasteiger partial charge on any atom is 0.123 e. The molecule has 2 aromatic carbocycles. The fraction of sp³-hybridized carbons (Fsp3) is 0.0526. The minimum Gasteiger partial charge on any atom is -0.384 e. The van der Waals surface area contributed by atoms with Gasteiger partial charge in [-0.25, -0.2) is 9.07 Å². The predicted molar refractivity (Wildman–Crippen MR) is 89.3 cm³/mol. The van der Waals surface area contributed by atoms with Crippen molar-refractivity contribution in [3.63, 3.8) is 0 Å². The lowest BCUT2D eigenvalue weighted by Gasteiger charge is -2.11. The van der Waals surface area contributed by atoms with Gasteiger partial charge < -0.3 is 5.11 Å². The first-order valence-electron chi connectivity index (χ1n) is 7.54. The van der Waals surface area contributed by atoms with E-state index in [-0.39, 0.29) is 5.82 Å². The van der Waals surface area contributed by atoms with E-state index >= 15 is 0 Å². The summed E-state index contributed by atoms with van der Waals surface area (Å²) in [6.07, 6.45) is 4.33. The Morgan fingerprint density at radius 2 is 1.67 bits per heavy atom. The van der Waals surface area contributed by atoms with Gasteiger partial charge >= 0.3 is 0 Å². The first kappa shape index (κ1) is 14.5. The van der Waals surface area contributed by atoms with Crippen molar-refractivity contribution in [1.29, 1.82) is 0 Å². The van der Waals surface area contributed by atoms with Crippen LogP contribution in [0.1, 0.15) is 17.2 Å². The zero-order chi connectivity index (χ0) is 16.5. The fourth-order valence-corrected chi connectivity index (χ4v) is 2.75. The summed E-state index contributed by atoms with van der Waals surface area (Å²) in [4.78, 5) is 3.96. The number of pyridine rings is 1. The topological polar surface area (TPSA) is 50.9 Å². The predicted octanol–water partition coefficient (Wildman–Crippen LogP) is 3.64. The number of fused-ring (bicyclic) bond motifs is 1. The molecule has 5 heteroatoms. The van der Waals surface area contributed by atoms with Crippen LogP contribution in [0.25, 0.3) is 16.6 Å². The van der Waals surface area contributed by atoms with Gasteiger partial charge in [0.15, 0.2) is 0 Å². The molecule has 0 bridgehead atoms. The van der Waals surface area contributed by atoms with E-state index in [2.05, 4.69) is 10.1 Å². The van der Waals surface area contributed by atoms with Crippen molar-refractivity contribution in [2.24, 2.45) is 0 Å². The van der Waals surface area contributed by atoms with Crippen molar-refractivity contribution in [3.05, 3.63) is 90.1 Å². The zero-order valence-electron chi connectivity index (χ0n) is 12.7. The third kappa shape index (κ3) is 2.55. The van der Waals surface area contributed by atoms with E-state index in [1.807, 2.05) is 18.2 Å². The number of hydrogen-bond donors (Lipinski definition) is 1. The number of hydrogen-bond acceptors (Lipinski definition) is 3. The summed E-state index contributed by atoms with van der Waals surface area (Å²) in [5, 5.41) is 15.8. The number of halogens is 1. The number of benzene rings is 2. The zero-order valence-corrected chi connectivity index (χ0v) is 12.7. The SMILES string of the molecule is OC(c1ccncc1)c1ccc2c(cnn2-c2ccc(F)cc2)c1. The molecule has 24 heavy (non-hydrogen) atoms. The van der Waals surface area contributed by atoms with Crippen LogP contribution in [0.4, 0.5) is 4.39 Å². The second-order valence-electron chi connectivity index (χ2n) is 5.53. The van der Waals surface area contributed by atoms with E-state index in [1.165, 1.54) is 12.1 Å². The lowest BCUT2D eigenvalue weighted by atomic mass is 10.0. The maximum atomic E-state index is 13.1. The summed E-state index contributed by atoms with van der Waals surface area (Å²) >= 11 is 0. The third-order valence-electron chi connectivity index (χ3n) is 4.00. The Bertz CT molecular complexity index is 981. The molecule has 4 rings (SSSR count). The normalized spacial score (nSPS) is 12.4. The minimum absolute atomic E-state index is 0.280. The van der Waals surface area contributed by atoms with Crippen molar-refractivity contribution < 1.29 is 9.50 Å². The monoisotopic (exact) mass is 319 g/mol. The summed E-state index contributed by atoms with van der Waals surface area (Å²) in [5.41, 5.74) is 3.25. The van der Waals surface area contributed by atoms with Gasteiger partial charge in [-0.05, 0) is 59.7 Å². The molecule has 2 aromatic heterocycles. The molecular weight excluding hydrogens is 305 g/mol. The molecule has 0 aliphatic heterocycles. The van der Waals surface area contributed by atoms with Crippen LogP contribution >= 0.6 is 0 Å². The quantitative estimate of drug-likeness (QED) is 0.627. The highest BCUT2D eigenvalue weighted by molar-refractivity contribution is 5.81. The Labute approximate surface area is 137 Å². The van der Waals surface area contributed by atoms with Gasteiger partial charge in [0.25, 0.3) is 0 Å². The Morgan fingerprint density at radius 1 is 0.917 bits per heavy atom. The Hall–Kier alpha value is -3.05. The van der Waals surface area contributed by atoms with Crippen LogP contribution in [-0.2, 0) is 0 Å². The molecule has 0 aliphatic carbocycles. The Kier molecular flexibility index (Phi) is 3.55. The van der Waals surface area contributed by atoms with Crippen LogP contribution < -0.4 is 0 Å². The number of aliphatic hydroxyl groups excluding tert-OH is 1. The standard InChI is InChI=1S/C19H14FN3O/c20-16-2-4-17(5-3-16)23-18-6-1-14(11-15(18)12-22-23)19(24)13-7-9-21-10-8-13/h1-12,19,24H. The molecule has 0 saturated carbocycles. The molecule has 118 valence electrons. The third-order valence-corrected chi connectivity index (χ3v) is 4.00. The molecule has 4 nitrogen and oxygen atoms in total. The summed E-state index contributed by atoms with van der Waals surface area (Å²) < 4.78 is 14.8. The minimum atomic E-state index is -0.716. The molecule has 0 amide bonds. The van der Waals surface area contributed by atoms with Gasteiger partial charge in [-0.1, -0.05) is 6.07 Å². The van der Waals surface area contributed by atoms with E-state index in [9.17, 15) is 9.50 Å². The average molecular weight is 319 g/mol. The first-order chi connectivity index (χ1) is 11.7. The van der Waals surface area contributed by atoms with Gasteiger partial charge in [-0.2, -0.15) is 5.10 Å². The summed E-state index contributed by atoms with van der Waals surface area (Å²) in [6.45, 7) is 0. The summed E-state index contributed by atoms with van der Waals surface area (Å²) in [5.74, 6) is -0.280. The lowest BCUT2D eigenvalue weighted by molar-refractivity contribution is 0.220. The van der Waals surface area contributed by atoms with Crippen molar-refractivity contribution in [3.8, 4) is 5.69 Å². The first-order valence-corrected chi connectivity index (χ1v) is 7.54. The molecule has 1 N–H and O–H groups in total. The van der Waals surface area contributed by atoms with Crippen LogP contribution in [0.2, 0.25) is 0 Å². The Morgan fingerprint density at radius 3 is 2.42 bits per heavy atom. The van der Waals surface area contributed by atoms with Gasteiger partial charge in [-0.3, -0.25) is 4.98 Å². The van der Waals surface area contributed by atoms with Gasteiger partial charge in [0.05, 0.1) is 17.4 Å². The molecule has 2 heterocycles. The number of rotatable bonds is 3. The number of aliphatic hydroxyl groups is 1. The van der Waals surface area contributed by atoms with Gasteiger partial charge in [0.1, 0.15) is 11.9 Å². The molecule has 0 spiro atoms. The smallest absolute Gasteiger partial charge is 0.123 e. The molecule has 0 saturated heterocycles. The molecule has 1 atom stereocenters. The molecule has 0 fully saturated rings. The average Bonchev–Trinajstić information content (AvgIpc) is 3.05. The maximum absolute atomic E-state index is 13.1. The summed E-state index contributed by atoms with van der Waals surface area (Å²) in [6, 6.07) is 15.4. The number of aromatic nitrogens is 3. The van der Waals surface area contributed by atoms with Crippen molar-refractivity contribution in [2.75, 3.05) is 0 Å². The van der Waals surface area contributed by atoms with Crippen LogP contribution in [0.3, 0.4) is 0 Å². The van der Waals surface area contributed by atoms with Crippen LogP contribution in [-0.4, -0.2) is 19.9 Å². The van der Waals surface area contributed by atoms with Gasteiger partial charge in [0, 0.05) is 17.8 Å². The van der Waals surface area contributed by atoms with Crippen LogP contribution in [0, 0.1) is 5.82 Å². The van der Waals surface area contributed by atoms with Crippen LogP contribution in [0.5, 0.6) is 0 Å². The number of nitrogens with zero attached hydrogens (tertiary/aromatic N) is 3. The second kappa shape index (κ2) is 5.86. The summed E-state index contributed by atoms with van der Waals surface area (Å²) in [7, 11) is 0. The van der Waals surface area contributed by atoms with Crippen molar-refractivity contribution in [1.82, 2.24) is 14.8 Å². The highest BCUT2D eigenvalue weighted by Gasteiger charge is 2.12. The van der Waals surface area contributed by atoms with E-state index < -0.39 is 6.10 Å². The molecule has 4 aromatic rings. The lowest BCUT2D eigenvalue weighted by Crippen LogP contribution is -2.00. The van der Waals surface area contributed by atoms with E-state index in [4.69, 9.17) is 0 Å². The molecule has 1 unspecified atom stereocenters. The second-order valence-corrected chi connectivity index (χ2v) is 5.53. The molecular formula is C19H14FN3O. The fourth-order valence-electron chi connectivity index (χ4n) is 2.75. The van der Waals surface area contributed by atoms with Crippen molar-refractivity contribution in [2.45, 2.75) is 6.10 Å². The van der Waals surface area contributed by atoms with Gasteiger partial charge in [-0.15, -0.1) is 0 Å². The Balaban J connectivity index is 1.74. The van der Waals surface area contributed by atoms with Crippen molar-refractivity contribution >= 4 is 10.9 Å². The largest absolute Gasteiger partial charge is 0.384 e. The van der Waals surface area contributed by atoms with E-state index in [0.29, 0.717) is 0 Å².